The van der Waals surface area contributed by atoms with Crippen LogP contribution in [0.4, 0.5) is 0 Å². The van der Waals surface area contributed by atoms with Gasteiger partial charge in [0.25, 0.3) is 0 Å². The van der Waals surface area contributed by atoms with E-state index in [1.165, 1.54) is 0 Å². The Labute approximate surface area is 126 Å². The lowest BCUT2D eigenvalue weighted by molar-refractivity contribution is -0.150. The van der Waals surface area contributed by atoms with Gasteiger partial charge in [-0.25, -0.2) is 0 Å². The predicted octanol–water partition coefficient (Wildman–Crippen LogP) is 1.92. The van der Waals surface area contributed by atoms with Crippen LogP contribution >= 0.6 is 0 Å². The Bertz CT molecular complexity index is 381. The summed E-state index contributed by atoms with van der Waals surface area (Å²) in [7, 11) is 0. The molecule has 1 aliphatic carbocycles. The molecule has 2 aliphatic rings. The Morgan fingerprint density at radius 2 is 1.76 bits per heavy atom. The number of carboxylic acids is 1. The maximum Gasteiger partial charge on any atom is 0.311 e. The van der Waals surface area contributed by atoms with Crippen molar-refractivity contribution in [3.05, 3.63) is 0 Å². The normalized spacial score (nSPS) is 28.8. The Hall–Kier alpha value is -1.10. The minimum atomic E-state index is -0.757. The van der Waals surface area contributed by atoms with Gasteiger partial charge in [0.15, 0.2) is 0 Å². The number of hydrogen-bond donors (Lipinski definition) is 3. The molecule has 0 spiro atoms. The van der Waals surface area contributed by atoms with Gasteiger partial charge in [0.2, 0.25) is 5.91 Å². The van der Waals surface area contributed by atoms with Crippen molar-refractivity contribution >= 4 is 11.9 Å². The van der Waals surface area contributed by atoms with E-state index in [4.69, 9.17) is 0 Å². The zero-order valence-electron chi connectivity index (χ0n) is 13.0. The Balaban J connectivity index is 2.01. The molecule has 1 aliphatic heterocycles. The quantitative estimate of drug-likeness (QED) is 0.677. The van der Waals surface area contributed by atoms with Gasteiger partial charge >= 0.3 is 5.97 Å². The molecule has 0 aromatic rings. The topological polar surface area (TPSA) is 78.4 Å². The Morgan fingerprint density at radius 3 is 2.24 bits per heavy atom. The van der Waals surface area contributed by atoms with E-state index >= 15 is 0 Å². The number of carbonyl (C=O) groups excluding carboxylic acids is 1. The summed E-state index contributed by atoms with van der Waals surface area (Å²) in [6.07, 6.45) is 7.10. The number of nitrogens with one attached hydrogen (secondary N) is 2. The molecule has 5 heteroatoms. The number of amides is 1. The van der Waals surface area contributed by atoms with Crippen LogP contribution in [0.3, 0.4) is 0 Å². The third kappa shape index (κ3) is 3.39. The summed E-state index contributed by atoms with van der Waals surface area (Å²) < 4.78 is 0. The molecule has 0 bridgehead atoms. The second-order valence-corrected chi connectivity index (χ2v) is 6.74. The highest BCUT2D eigenvalue weighted by Gasteiger charge is 2.43. The maximum atomic E-state index is 12.5. The van der Waals surface area contributed by atoms with E-state index in [2.05, 4.69) is 10.6 Å². The molecule has 2 fully saturated rings. The average Bonchev–Trinajstić information content (AvgIpc) is 2.84. The number of rotatable bonds is 5. The van der Waals surface area contributed by atoms with Crippen LogP contribution in [0.5, 0.6) is 0 Å². The van der Waals surface area contributed by atoms with Crippen LogP contribution in [0.1, 0.15) is 58.3 Å². The van der Waals surface area contributed by atoms with Crippen LogP contribution in [0.15, 0.2) is 0 Å². The van der Waals surface area contributed by atoms with E-state index in [0.29, 0.717) is 19.4 Å². The summed E-state index contributed by atoms with van der Waals surface area (Å²) >= 11 is 0. The molecule has 2 rings (SSSR count). The molecule has 1 amide bonds. The molecular weight excluding hydrogens is 268 g/mol. The van der Waals surface area contributed by atoms with Gasteiger partial charge in [-0.2, -0.15) is 0 Å². The summed E-state index contributed by atoms with van der Waals surface area (Å²) in [6.45, 7) is 3.88. The molecule has 1 unspecified atom stereocenters. The third-order valence-electron chi connectivity index (χ3n) is 5.50. The smallest absolute Gasteiger partial charge is 0.311 e. The van der Waals surface area contributed by atoms with E-state index < -0.39 is 11.4 Å². The highest BCUT2D eigenvalue weighted by molar-refractivity contribution is 5.84. The van der Waals surface area contributed by atoms with Crippen LogP contribution in [0, 0.1) is 10.8 Å². The second-order valence-electron chi connectivity index (χ2n) is 6.74. The van der Waals surface area contributed by atoms with Crippen molar-refractivity contribution in [1.29, 1.82) is 0 Å². The minimum Gasteiger partial charge on any atom is -0.481 e. The van der Waals surface area contributed by atoms with Gasteiger partial charge in [0.05, 0.1) is 10.8 Å². The standard InChI is InChI=1S/C16H28N2O3/c1-2-15(9-10-17-11-15)13(19)18-12-16(14(20)21)7-5-3-4-6-8-16/h17H,2-12H2,1H3,(H,18,19)(H,20,21). The average molecular weight is 296 g/mol. The molecule has 1 saturated carbocycles. The van der Waals surface area contributed by atoms with E-state index in [-0.39, 0.29) is 17.9 Å². The molecule has 120 valence electrons. The molecule has 1 saturated heterocycles. The molecule has 5 nitrogen and oxygen atoms in total. The first-order valence-electron chi connectivity index (χ1n) is 8.27. The largest absolute Gasteiger partial charge is 0.481 e. The Morgan fingerprint density at radius 1 is 1.10 bits per heavy atom. The first-order chi connectivity index (χ1) is 10.0. The van der Waals surface area contributed by atoms with Gasteiger partial charge in [-0.1, -0.05) is 32.6 Å². The fraction of sp³-hybridized carbons (Fsp3) is 0.875. The Kier molecular flexibility index (Phi) is 5.25. The van der Waals surface area contributed by atoms with Gasteiger partial charge in [-0.05, 0) is 32.2 Å². The van der Waals surface area contributed by atoms with Crippen LogP contribution < -0.4 is 10.6 Å². The van der Waals surface area contributed by atoms with Crippen molar-refractivity contribution in [1.82, 2.24) is 10.6 Å². The number of carboxylic acid groups (broad SMARTS) is 1. The fourth-order valence-corrected chi connectivity index (χ4v) is 3.71. The van der Waals surface area contributed by atoms with Crippen LogP contribution in [0.2, 0.25) is 0 Å². The molecule has 3 N–H and O–H groups in total. The monoisotopic (exact) mass is 296 g/mol. The summed E-state index contributed by atoms with van der Waals surface area (Å²) in [5, 5.41) is 15.9. The zero-order valence-corrected chi connectivity index (χ0v) is 13.0. The van der Waals surface area contributed by atoms with E-state index in [9.17, 15) is 14.7 Å². The lowest BCUT2D eigenvalue weighted by atomic mass is 9.79. The van der Waals surface area contributed by atoms with Gasteiger partial charge in [-0.15, -0.1) is 0 Å². The van der Waals surface area contributed by atoms with Gasteiger partial charge in [0.1, 0.15) is 0 Å². The summed E-state index contributed by atoms with van der Waals surface area (Å²) in [5.41, 5.74) is -1.10. The van der Waals surface area contributed by atoms with Crippen molar-refractivity contribution in [3.8, 4) is 0 Å². The van der Waals surface area contributed by atoms with Crippen molar-refractivity contribution in [3.63, 3.8) is 0 Å². The molecule has 21 heavy (non-hydrogen) atoms. The fourth-order valence-electron chi connectivity index (χ4n) is 3.71. The van der Waals surface area contributed by atoms with Crippen molar-refractivity contribution in [2.24, 2.45) is 10.8 Å². The van der Waals surface area contributed by atoms with E-state index in [1.54, 1.807) is 0 Å². The summed E-state index contributed by atoms with van der Waals surface area (Å²) in [5.74, 6) is -0.723. The maximum absolute atomic E-state index is 12.5. The highest BCUT2D eigenvalue weighted by Crippen LogP contribution is 2.36. The van der Waals surface area contributed by atoms with Crippen LogP contribution in [-0.2, 0) is 9.59 Å². The minimum absolute atomic E-state index is 0.0277. The molecule has 0 radical (unpaired) electrons. The lowest BCUT2D eigenvalue weighted by Gasteiger charge is -2.31. The summed E-state index contributed by atoms with van der Waals surface area (Å²) in [6, 6.07) is 0. The van der Waals surface area contributed by atoms with E-state index in [1.807, 2.05) is 6.92 Å². The summed E-state index contributed by atoms with van der Waals surface area (Å²) in [4.78, 5) is 24.3. The molecule has 0 aromatic heterocycles. The molecular formula is C16H28N2O3. The lowest BCUT2D eigenvalue weighted by Crippen LogP contribution is -2.48. The number of carbonyl (C=O) groups is 2. The highest BCUT2D eigenvalue weighted by atomic mass is 16.4. The van der Waals surface area contributed by atoms with Crippen molar-refractivity contribution < 1.29 is 14.7 Å². The first kappa shape index (κ1) is 16.3. The first-order valence-corrected chi connectivity index (χ1v) is 8.27. The number of hydrogen-bond acceptors (Lipinski definition) is 3. The number of aliphatic carboxylic acids is 1. The van der Waals surface area contributed by atoms with E-state index in [0.717, 1.165) is 45.1 Å². The molecule has 1 atom stereocenters. The van der Waals surface area contributed by atoms with Crippen LogP contribution in [-0.4, -0.2) is 36.6 Å². The molecule has 1 heterocycles. The van der Waals surface area contributed by atoms with Crippen molar-refractivity contribution in [2.75, 3.05) is 19.6 Å². The van der Waals surface area contributed by atoms with Crippen molar-refractivity contribution in [2.45, 2.75) is 58.3 Å². The van der Waals surface area contributed by atoms with Gasteiger partial charge in [0, 0.05) is 13.1 Å². The molecule has 0 aromatic carbocycles. The SMILES string of the molecule is CCC1(C(=O)NCC2(C(=O)O)CCCCCC2)CCNC1. The van der Waals surface area contributed by atoms with Gasteiger partial charge < -0.3 is 15.7 Å². The second kappa shape index (κ2) is 6.77. The third-order valence-corrected chi connectivity index (χ3v) is 5.50. The van der Waals surface area contributed by atoms with Gasteiger partial charge in [-0.3, -0.25) is 9.59 Å². The van der Waals surface area contributed by atoms with Crippen LogP contribution in [0.25, 0.3) is 0 Å². The zero-order chi connectivity index (χ0) is 15.3. The predicted molar refractivity (Wildman–Crippen MR) is 81.0 cm³/mol.